The van der Waals surface area contributed by atoms with Gasteiger partial charge in [0.15, 0.2) is 17.3 Å². The molecule has 146 valence electrons. The summed E-state index contributed by atoms with van der Waals surface area (Å²) in [5.74, 6) is 1.13. The lowest BCUT2D eigenvalue weighted by Crippen LogP contribution is -2.45. The van der Waals surface area contributed by atoms with E-state index in [1.807, 2.05) is 18.2 Å². The fourth-order valence-corrected chi connectivity index (χ4v) is 4.32. The first-order valence-corrected chi connectivity index (χ1v) is 9.87. The van der Waals surface area contributed by atoms with Gasteiger partial charge in [-0.2, -0.15) is 4.72 Å². The summed E-state index contributed by atoms with van der Waals surface area (Å²) in [6.07, 6.45) is 0.575. The van der Waals surface area contributed by atoms with Crippen LogP contribution in [0.1, 0.15) is 23.9 Å². The minimum atomic E-state index is -3.90. The molecule has 0 saturated carbocycles. The minimum absolute atomic E-state index is 0.0393. The number of nitrogens with zero attached hydrogens (tertiary/aromatic N) is 1. The van der Waals surface area contributed by atoms with Gasteiger partial charge in [-0.25, -0.2) is 8.42 Å². The monoisotopic (exact) mass is 395 g/mol. The van der Waals surface area contributed by atoms with E-state index in [-0.39, 0.29) is 23.1 Å². The van der Waals surface area contributed by atoms with Gasteiger partial charge in [0.05, 0.1) is 6.04 Å². The molecule has 1 amide bonds. The number of fused-ring (bicyclic) bond motifs is 1. The molecule has 0 bridgehead atoms. The van der Waals surface area contributed by atoms with Gasteiger partial charge in [0.25, 0.3) is 0 Å². The smallest absolute Gasteiger partial charge is 0.246 e. The van der Waals surface area contributed by atoms with Crippen molar-refractivity contribution >= 4 is 15.9 Å². The van der Waals surface area contributed by atoms with E-state index >= 15 is 0 Å². The molecular weight excluding hydrogens is 374 g/mol. The number of aromatic nitrogens is 1. The van der Waals surface area contributed by atoms with E-state index < -0.39 is 22.0 Å². The molecule has 0 radical (unpaired) electrons. The van der Waals surface area contributed by atoms with Crippen molar-refractivity contribution in [1.29, 1.82) is 0 Å². The first-order valence-electron chi connectivity index (χ1n) is 8.39. The third-order valence-corrected chi connectivity index (χ3v) is 5.90. The summed E-state index contributed by atoms with van der Waals surface area (Å²) in [5, 5.41) is 6.35. The second-order valence-electron chi connectivity index (χ2n) is 6.22. The maximum Gasteiger partial charge on any atom is 0.246 e. The van der Waals surface area contributed by atoms with Crippen LogP contribution in [0.4, 0.5) is 0 Å². The summed E-state index contributed by atoms with van der Waals surface area (Å²) < 4.78 is 42.7. The zero-order valence-corrected chi connectivity index (χ0v) is 16.1. The summed E-state index contributed by atoms with van der Waals surface area (Å²) in [6.45, 7) is 5.08. The van der Waals surface area contributed by atoms with Crippen LogP contribution in [-0.2, 0) is 21.2 Å². The Hall–Kier alpha value is -2.59. The Morgan fingerprint density at radius 3 is 2.70 bits per heavy atom. The van der Waals surface area contributed by atoms with Crippen LogP contribution in [0.5, 0.6) is 11.5 Å². The Labute approximate surface area is 157 Å². The molecule has 2 N–H and O–H groups in total. The number of ether oxygens (including phenoxy) is 2. The molecule has 0 fully saturated rings. The van der Waals surface area contributed by atoms with Gasteiger partial charge >= 0.3 is 0 Å². The zero-order chi connectivity index (χ0) is 19.6. The van der Waals surface area contributed by atoms with Crippen LogP contribution in [0, 0.1) is 13.8 Å². The molecule has 9 nitrogen and oxygen atoms in total. The Bertz CT molecular complexity index is 934. The standard InChI is InChI=1S/C17H21N3O6S/c1-10-16(12(3)26-19-10)27(22,23)20-11(2)17(21)18-7-6-13-4-5-14-15(8-13)25-9-24-14/h4-5,8,11,20H,6-7,9H2,1-3H3,(H,18,21)/t11-/m1/s1. The summed E-state index contributed by atoms with van der Waals surface area (Å²) in [5.41, 5.74) is 1.22. The Balaban J connectivity index is 1.53. The third-order valence-electron chi connectivity index (χ3n) is 4.11. The lowest BCUT2D eigenvalue weighted by atomic mass is 10.1. The number of benzene rings is 1. The summed E-state index contributed by atoms with van der Waals surface area (Å²) in [6, 6.07) is 4.63. The van der Waals surface area contributed by atoms with Crippen molar-refractivity contribution in [2.24, 2.45) is 0 Å². The van der Waals surface area contributed by atoms with Crippen LogP contribution in [0.2, 0.25) is 0 Å². The van der Waals surface area contributed by atoms with Gasteiger partial charge in [-0.15, -0.1) is 0 Å². The first-order chi connectivity index (χ1) is 12.8. The van der Waals surface area contributed by atoms with E-state index in [9.17, 15) is 13.2 Å². The number of hydrogen-bond acceptors (Lipinski definition) is 7. The molecule has 1 aromatic carbocycles. The highest BCUT2D eigenvalue weighted by Gasteiger charge is 2.28. The van der Waals surface area contributed by atoms with Crippen molar-refractivity contribution in [3.63, 3.8) is 0 Å². The third kappa shape index (κ3) is 4.22. The van der Waals surface area contributed by atoms with Crippen molar-refractivity contribution in [2.45, 2.75) is 38.1 Å². The molecule has 1 aliphatic rings. The maximum atomic E-state index is 12.4. The highest BCUT2D eigenvalue weighted by atomic mass is 32.2. The summed E-state index contributed by atoms with van der Waals surface area (Å²) in [4.78, 5) is 12.2. The van der Waals surface area contributed by atoms with Gasteiger partial charge in [0.2, 0.25) is 22.7 Å². The number of carbonyl (C=O) groups is 1. The van der Waals surface area contributed by atoms with E-state index in [1.54, 1.807) is 0 Å². The van der Waals surface area contributed by atoms with E-state index in [0.717, 1.165) is 5.56 Å². The van der Waals surface area contributed by atoms with E-state index in [2.05, 4.69) is 15.2 Å². The van der Waals surface area contributed by atoms with E-state index in [4.69, 9.17) is 14.0 Å². The van der Waals surface area contributed by atoms with E-state index in [0.29, 0.717) is 24.5 Å². The fourth-order valence-electron chi connectivity index (χ4n) is 2.78. The molecule has 0 spiro atoms. The molecule has 10 heteroatoms. The number of carbonyl (C=O) groups excluding carboxylic acids is 1. The van der Waals surface area contributed by atoms with Crippen LogP contribution < -0.4 is 19.5 Å². The fraction of sp³-hybridized carbons (Fsp3) is 0.412. The number of sulfonamides is 1. The van der Waals surface area contributed by atoms with Crippen molar-refractivity contribution in [1.82, 2.24) is 15.2 Å². The highest BCUT2D eigenvalue weighted by Crippen LogP contribution is 2.32. The molecule has 3 rings (SSSR count). The summed E-state index contributed by atoms with van der Waals surface area (Å²) in [7, 11) is -3.90. The molecule has 0 aliphatic carbocycles. The maximum absolute atomic E-state index is 12.4. The second-order valence-corrected chi connectivity index (χ2v) is 7.88. The molecule has 2 heterocycles. The lowest BCUT2D eigenvalue weighted by molar-refractivity contribution is -0.122. The van der Waals surface area contributed by atoms with Crippen LogP contribution in [-0.4, -0.2) is 38.9 Å². The predicted octanol–water partition coefficient (Wildman–Crippen LogP) is 1.05. The predicted molar refractivity (Wildman–Crippen MR) is 95.0 cm³/mol. The largest absolute Gasteiger partial charge is 0.454 e. The van der Waals surface area contributed by atoms with Crippen molar-refractivity contribution in [3.8, 4) is 11.5 Å². The molecule has 0 unspecified atom stereocenters. The first kappa shape index (κ1) is 19.2. The highest BCUT2D eigenvalue weighted by molar-refractivity contribution is 7.89. The van der Waals surface area contributed by atoms with E-state index in [1.165, 1.54) is 20.8 Å². The molecule has 0 saturated heterocycles. The van der Waals surface area contributed by atoms with Gasteiger partial charge in [0, 0.05) is 6.54 Å². The number of nitrogens with one attached hydrogen (secondary N) is 2. The lowest BCUT2D eigenvalue weighted by Gasteiger charge is -2.14. The van der Waals surface area contributed by atoms with Gasteiger partial charge in [0.1, 0.15) is 10.6 Å². The molecule has 27 heavy (non-hydrogen) atoms. The van der Waals surface area contributed by atoms with Gasteiger partial charge in [-0.05, 0) is 44.9 Å². The molecule has 2 aromatic rings. The van der Waals surface area contributed by atoms with Crippen LogP contribution in [0.25, 0.3) is 0 Å². The average Bonchev–Trinajstić information content (AvgIpc) is 3.20. The normalized spacial score (nSPS) is 14.2. The number of hydrogen-bond donors (Lipinski definition) is 2. The quantitative estimate of drug-likeness (QED) is 0.719. The second kappa shape index (κ2) is 7.57. The number of rotatable bonds is 7. The number of aryl methyl sites for hydroxylation is 2. The molecule has 1 aliphatic heterocycles. The minimum Gasteiger partial charge on any atom is -0.454 e. The Kier molecular flexibility index (Phi) is 5.38. The van der Waals surface area contributed by atoms with Crippen molar-refractivity contribution in [2.75, 3.05) is 13.3 Å². The topological polar surface area (TPSA) is 120 Å². The molecule has 1 aromatic heterocycles. The van der Waals surface area contributed by atoms with Crippen LogP contribution >= 0.6 is 0 Å². The van der Waals surface area contributed by atoms with Gasteiger partial charge in [-0.3, -0.25) is 4.79 Å². The van der Waals surface area contributed by atoms with Crippen LogP contribution in [0.3, 0.4) is 0 Å². The summed E-state index contributed by atoms with van der Waals surface area (Å²) >= 11 is 0. The zero-order valence-electron chi connectivity index (χ0n) is 15.2. The van der Waals surface area contributed by atoms with Gasteiger partial charge in [-0.1, -0.05) is 11.2 Å². The van der Waals surface area contributed by atoms with Gasteiger partial charge < -0.3 is 19.3 Å². The average molecular weight is 395 g/mol. The molecular formula is C17H21N3O6S. The van der Waals surface area contributed by atoms with Crippen molar-refractivity contribution in [3.05, 3.63) is 35.2 Å². The molecule has 1 atom stereocenters. The Morgan fingerprint density at radius 2 is 2.00 bits per heavy atom. The van der Waals surface area contributed by atoms with Crippen molar-refractivity contribution < 1.29 is 27.2 Å². The Morgan fingerprint density at radius 1 is 1.26 bits per heavy atom. The van der Waals surface area contributed by atoms with Crippen LogP contribution in [0.15, 0.2) is 27.6 Å². The SMILES string of the molecule is Cc1noc(C)c1S(=O)(=O)N[C@H](C)C(=O)NCCc1ccc2c(c1)OCO2. The number of amides is 1.